The van der Waals surface area contributed by atoms with E-state index in [-0.39, 0.29) is 0 Å². The maximum Gasteiger partial charge on any atom is 0.0378 e. The SMILES string of the molecule is Cc1ccc(C)n1CC1CCCCN1. The topological polar surface area (TPSA) is 17.0 Å². The van der Waals surface area contributed by atoms with Crippen molar-refractivity contribution in [2.75, 3.05) is 6.54 Å². The summed E-state index contributed by atoms with van der Waals surface area (Å²) in [6.07, 6.45) is 4.06. The predicted octanol–water partition coefficient (Wildman–Crippen LogP) is 2.25. The third-order valence-electron chi connectivity index (χ3n) is 3.23. The number of piperidine rings is 1. The summed E-state index contributed by atoms with van der Waals surface area (Å²) in [7, 11) is 0. The molecule has 0 aromatic carbocycles. The third-order valence-corrected chi connectivity index (χ3v) is 3.23. The summed E-state index contributed by atoms with van der Waals surface area (Å²) in [4.78, 5) is 0. The summed E-state index contributed by atoms with van der Waals surface area (Å²) < 4.78 is 2.42. The van der Waals surface area contributed by atoms with Crippen LogP contribution in [0.3, 0.4) is 0 Å². The third kappa shape index (κ3) is 2.01. The van der Waals surface area contributed by atoms with Gasteiger partial charge in [-0.2, -0.15) is 0 Å². The Kier molecular flexibility index (Phi) is 2.92. The van der Waals surface area contributed by atoms with E-state index >= 15 is 0 Å². The first-order valence-corrected chi connectivity index (χ1v) is 5.63. The van der Waals surface area contributed by atoms with Gasteiger partial charge in [-0.3, -0.25) is 0 Å². The van der Waals surface area contributed by atoms with Gasteiger partial charge in [0.1, 0.15) is 0 Å². The van der Waals surface area contributed by atoms with Crippen LogP contribution in [0, 0.1) is 13.8 Å². The molecule has 1 N–H and O–H groups in total. The Bertz CT molecular complexity index is 276. The molecule has 0 aliphatic carbocycles. The van der Waals surface area contributed by atoms with Crippen LogP contribution in [0.25, 0.3) is 0 Å². The van der Waals surface area contributed by atoms with E-state index < -0.39 is 0 Å². The molecule has 2 heterocycles. The molecule has 1 atom stereocenters. The maximum absolute atomic E-state index is 3.59. The van der Waals surface area contributed by atoms with Crippen LogP contribution in [-0.4, -0.2) is 17.2 Å². The van der Waals surface area contributed by atoms with Crippen molar-refractivity contribution in [3.63, 3.8) is 0 Å². The van der Waals surface area contributed by atoms with Crippen molar-refractivity contribution in [1.29, 1.82) is 0 Å². The second kappa shape index (κ2) is 4.18. The quantitative estimate of drug-likeness (QED) is 0.760. The number of hydrogen-bond donors (Lipinski definition) is 1. The summed E-state index contributed by atoms with van der Waals surface area (Å²) in [5.74, 6) is 0. The standard InChI is InChI=1S/C12H20N2/c1-10-6-7-11(2)14(10)9-12-5-3-4-8-13-12/h6-7,12-13H,3-5,8-9H2,1-2H3. The normalized spacial score (nSPS) is 22.6. The van der Waals surface area contributed by atoms with Crippen LogP contribution in [0.2, 0.25) is 0 Å². The van der Waals surface area contributed by atoms with Gasteiger partial charge in [0.15, 0.2) is 0 Å². The van der Waals surface area contributed by atoms with Gasteiger partial charge in [-0.25, -0.2) is 0 Å². The molecule has 1 aromatic heterocycles. The fraction of sp³-hybridized carbons (Fsp3) is 0.667. The minimum Gasteiger partial charge on any atom is -0.348 e. The highest BCUT2D eigenvalue weighted by Gasteiger charge is 2.14. The lowest BCUT2D eigenvalue weighted by Gasteiger charge is -2.25. The van der Waals surface area contributed by atoms with Crippen molar-refractivity contribution >= 4 is 0 Å². The number of hydrogen-bond acceptors (Lipinski definition) is 1. The van der Waals surface area contributed by atoms with Crippen LogP contribution in [-0.2, 0) is 6.54 Å². The number of nitrogens with zero attached hydrogens (tertiary/aromatic N) is 1. The minimum absolute atomic E-state index is 0.688. The molecule has 0 spiro atoms. The molecule has 1 saturated heterocycles. The lowest BCUT2D eigenvalue weighted by Crippen LogP contribution is -2.37. The molecule has 1 aliphatic rings. The zero-order chi connectivity index (χ0) is 9.97. The molecule has 14 heavy (non-hydrogen) atoms. The second-order valence-electron chi connectivity index (χ2n) is 4.37. The van der Waals surface area contributed by atoms with Gasteiger partial charge in [0, 0.05) is 24.0 Å². The van der Waals surface area contributed by atoms with E-state index in [1.54, 1.807) is 0 Å². The van der Waals surface area contributed by atoms with Crippen molar-refractivity contribution in [3.8, 4) is 0 Å². The molecule has 0 amide bonds. The molecule has 0 bridgehead atoms. The maximum atomic E-state index is 3.59. The lowest BCUT2D eigenvalue weighted by molar-refractivity contribution is 0.359. The minimum atomic E-state index is 0.688. The lowest BCUT2D eigenvalue weighted by atomic mass is 10.1. The first-order valence-electron chi connectivity index (χ1n) is 5.63. The smallest absolute Gasteiger partial charge is 0.0378 e. The van der Waals surface area contributed by atoms with Gasteiger partial charge in [-0.1, -0.05) is 6.42 Å². The summed E-state index contributed by atoms with van der Waals surface area (Å²) in [6.45, 7) is 6.72. The Morgan fingerprint density at radius 2 is 2.00 bits per heavy atom. The molecule has 1 aliphatic heterocycles. The number of rotatable bonds is 2. The Morgan fingerprint density at radius 1 is 1.29 bits per heavy atom. The zero-order valence-electron chi connectivity index (χ0n) is 9.21. The van der Waals surface area contributed by atoms with Crippen LogP contribution in [0.1, 0.15) is 30.7 Å². The van der Waals surface area contributed by atoms with Crippen LogP contribution in [0.5, 0.6) is 0 Å². The van der Waals surface area contributed by atoms with Gasteiger partial charge in [0.2, 0.25) is 0 Å². The molecule has 1 fully saturated rings. The summed E-state index contributed by atoms with van der Waals surface area (Å²) >= 11 is 0. The Balaban J connectivity index is 2.02. The Hall–Kier alpha value is -0.760. The molecule has 1 aromatic rings. The molecule has 78 valence electrons. The van der Waals surface area contributed by atoms with E-state index in [0.29, 0.717) is 6.04 Å². The van der Waals surface area contributed by atoms with Crippen LogP contribution in [0.15, 0.2) is 12.1 Å². The molecular weight excluding hydrogens is 172 g/mol. The predicted molar refractivity (Wildman–Crippen MR) is 59.5 cm³/mol. The van der Waals surface area contributed by atoms with Gasteiger partial charge in [-0.05, 0) is 45.4 Å². The molecular formula is C12H20N2. The first kappa shape index (κ1) is 9.78. The summed E-state index contributed by atoms with van der Waals surface area (Å²) in [6, 6.07) is 5.10. The molecule has 0 radical (unpaired) electrons. The summed E-state index contributed by atoms with van der Waals surface area (Å²) in [5.41, 5.74) is 2.77. The van der Waals surface area contributed by atoms with Crippen LogP contribution >= 0.6 is 0 Å². The number of aryl methyl sites for hydroxylation is 2. The largest absolute Gasteiger partial charge is 0.348 e. The van der Waals surface area contributed by atoms with E-state index in [4.69, 9.17) is 0 Å². The highest BCUT2D eigenvalue weighted by atomic mass is 15.0. The van der Waals surface area contributed by atoms with Gasteiger partial charge in [-0.15, -0.1) is 0 Å². The van der Waals surface area contributed by atoms with Gasteiger partial charge >= 0.3 is 0 Å². The molecule has 1 unspecified atom stereocenters. The van der Waals surface area contributed by atoms with E-state index in [1.807, 2.05) is 0 Å². The van der Waals surface area contributed by atoms with E-state index in [0.717, 1.165) is 6.54 Å². The van der Waals surface area contributed by atoms with Crippen molar-refractivity contribution in [3.05, 3.63) is 23.5 Å². The zero-order valence-corrected chi connectivity index (χ0v) is 9.21. The average molecular weight is 192 g/mol. The number of nitrogens with one attached hydrogen (secondary N) is 1. The van der Waals surface area contributed by atoms with Crippen molar-refractivity contribution in [2.45, 2.75) is 45.7 Å². The summed E-state index contributed by atoms with van der Waals surface area (Å²) in [5, 5.41) is 3.59. The van der Waals surface area contributed by atoms with E-state index in [1.165, 1.54) is 37.2 Å². The van der Waals surface area contributed by atoms with Gasteiger partial charge < -0.3 is 9.88 Å². The Morgan fingerprint density at radius 3 is 2.57 bits per heavy atom. The molecule has 0 saturated carbocycles. The van der Waals surface area contributed by atoms with Crippen molar-refractivity contribution < 1.29 is 0 Å². The van der Waals surface area contributed by atoms with Crippen molar-refractivity contribution in [1.82, 2.24) is 9.88 Å². The van der Waals surface area contributed by atoms with Crippen LogP contribution < -0.4 is 5.32 Å². The number of aromatic nitrogens is 1. The average Bonchev–Trinajstić information content (AvgIpc) is 2.51. The molecule has 2 nitrogen and oxygen atoms in total. The fourth-order valence-electron chi connectivity index (χ4n) is 2.29. The van der Waals surface area contributed by atoms with E-state index in [9.17, 15) is 0 Å². The highest BCUT2D eigenvalue weighted by molar-refractivity contribution is 5.13. The Labute approximate surface area is 86.3 Å². The van der Waals surface area contributed by atoms with E-state index in [2.05, 4.69) is 35.9 Å². The second-order valence-corrected chi connectivity index (χ2v) is 4.37. The van der Waals surface area contributed by atoms with Crippen molar-refractivity contribution in [2.24, 2.45) is 0 Å². The van der Waals surface area contributed by atoms with Gasteiger partial charge in [0.25, 0.3) is 0 Å². The first-order chi connectivity index (χ1) is 6.77. The molecule has 2 heteroatoms. The highest BCUT2D eigenvalue weighted by Crippen LogP contribution is 2.13. The van der Waals surface area contributed by atoms with Crippen LogP contribution in [0.4, 0.5) is 0 Å². The fourth-order valence-corrected chi connectivity index (χ4v) is 2.29. The monoisotopic (exact) mass is 192 g/mol. The van der Waals surface area contributed by atoms with Gasteiger partial charge in [0.05, 0.1) is 0 Å². The molecule has 2 rings (SSSR count).